The second kappa shape index (κ2) is 9.12. The van der Waals surface area contributed by atoms with E-state index in [1.807, 2.05) is 13.8 Å². The van der Waals surface area contributed by atoms with Gasteiger partial charge in [-0.1, -0.05) is 13.8 Å². The van der Waals surface area contributed by atoms with Crippen LogP contribution in [0.15, 0.2) is 0 Å². The molecule has 0 saturated heterocycles. The van der Waals surface area contributed by atoms with Crippen molar-refractivity contribution in [2.24, 2.45) is 5.73 Å². The molecule has 0 amide bonds. The fraction of sp³-hybridized carbons (Fsp3) is 0.750. The third-order valence-corrected chi connectivity index (χ3v) is 2.47. The van der Waals surface area contributed by atoms with E-state index >= 15 is 0 Å². The van der Waals surface area contributed by atoms with Crippen molar-refractivity contribution in [1.29, 1.82) is 0 Å². The largest absolute Gasteiger partial charge is 0.473 e. The lowest BCUT2D eigenvalue weighted by Gasteiger charge is -2.25. The van der Waals surface area contributed by atoms with Crippen LogP contribution in [0.2, 0.25) is 0 Å². The highest BCUT2D eigenvalue weighted by molar-refractivity contribution is 7.32. The maximum atomic E-state index is 10.2. The lowest BCUT2D eigenvalue weighted by atomic mass is 9.96. The summed E-state index contributed by atoms with van der Waals surface area (Å²) in [5, 5.41) is 14.8. The van der Waals surface area contributed by atoms with Crippen molar-refractivity contribution in [3.8, 4) is 0 Å². The van der Waals surface area contributed by atoms with Gasteiger partial charge in [0, 0.05) is 5.54 Å². The Hall–Kier alpha value is -0.950. The van der Waals surface area contributed by atoms with Crippen LogP contribution in [0, 0.1) is 0 Å². The monoisotopic (exact) mass is 271 g/mol. The number of carboxylic acids is 2. The van der Waals surface area contributed by atoms with E-state index in [1.54, 1.807) is 0 Å². The molecule has 0 aliphatic rings. The van der Waals surface area contributed by atoms with Crippen molar-refractivity contribution in [2.45, 2.75) is 32.2 Å². The number of aliphatic carboxylic acids is 2. The van der Waals surface area contributed by atoms with Crippen LogP contribution in [0.3, 0.4) is 0 Å². The Morgan fingerprint density at radius 2 is 1.59 bits per heavy atom. The minimum absolute atomic E-state index is 0.161. The summed E-state index contributed by atoms with van der Waals surface area (Å²) in [5.74, 6) is -3.65. The van der Waals surface area contributed by atoms with Gasteiger partial charge >= 0.3 is 20.2 Å². The highest BCUT2D eigenvalue weighted by Gasteiger charge is 2.20. The van der Waals surface area contributed by atoms with E-state index in [-0.39, 0.29) is 6.61 Å². The molecule has 0 radical (unpaired) electrons. The van der Waals surface area contributed by atoms with Gasteiger partial charge in [-0.05, 0) is 12.8 Å². The van der Waals surface area contributed by atoms with Gasteiger partial charge < -0.3 is 25.4 Å². The molecule has 0 aromatic carbocycles. The average Bonchev–Trinajstić information content (AvgIpc) is 2.26. The molecule has 102 valence electrons. The molecule has 0 aliphatic heterocycles. The van der Waals surface area contributed by atoms with Crippen molar-refractivity contribution in [2.75, 3.05) is 6.61 Å². The van der Waals surface area contributed by atoms with Gasteiger partial charge in [-0.15, -0.1) is 0 Å². The van der Waals surface area contributed by atoms with Gasteiger partial charge in [-0.25, -0.2) is 9.59 Å². The lowest BCUT2D eigenvalue weighted by Crippen LogP contribution is -2.42. The topological polar surface area (TPSA) is 147 Å². The van der Waals surface area contributed by atoms with Crippen LogP contribution in [0.4, 0.5) is 0 Å². The minimum atomic E-state index is -2.82. The summed E-state index contributed by atoms with van der Waals surface area (Å²) in [6.07, 6.45) is 1.50. The standard InChI is InChI=1S/C6H16NO3P.C2H2O4/c1-3-6(7,4-2)5-10-11(8)9;3-1(4)2(5)6/h11H,3-5,7H2,1-2H3,(H,8,9);(H,3,4)(H,5,6). The molecule has 0 bridgehead atoms. The van der Waals surface area contributed by atoms with Crippen LogP contribution in [0.25, 0.3) is 0 Å². The average molecular weight is 271 g/mol. The number of hydrogen-bond acceptors (Lipinski definition) is 5. The number of hydrogen-bond donors (Lipinski definition) is 4. The Morgan fingerprint density at radius 1 is 1.24 bits per heavy atom. The summed E-state index contributed by atoms with van der Waals surface area (Å²) in [6, 6.07) is 0. The SMILES string of the molecule is CCC(N)(CC)CO[PH](=O)O.O=C(O)C(=O)O. The summed E-state index contributed by atoms with van der Waals surface area (Å²) in [6.45, 7) is 4.02. The zero-order chi connectivity index (χ0) is 14.1. The summed E-state index contributed by atoms with van der Waals surface area (Å²) in [7, 11) is -2.82. The van der Waals surface area contributed by atoms with Gasteiger partial charge in [-0.3, -0.25) is 4.57 Å². The van der Waals surface area contributed by atoms with Crippen molar-refractivity contribution in [3.05, 3.63) is 0 Å². The Balaban J connectivity index is 0. The molecule has 5 N–H and O–H groups in total. The Kier molecular flexibility index (Phi) is 9.88. The number of carboxylic acid groups (broad SMARTS) is 2. The molecule has 1 atom stereocenters. The third-order valence-electron chi connectivity index (χ3n) is 2.07. The van der Waals surface area contributed by atoms with E-state index in [0.29, 0.717) is 0 Å². The molecule has 17 heavy (non-hydrogen) atoms. The molecular formula is C8H18NO7P. The van der Waals surface area contributed by atoms with E-state index in [0.717, 1.165) is 12.8 Å². The first-order chi connectivity index (χ1) is 7.68. The molecule has 0 saturated carbocycles. The maximum absolute atomic E-state index is 10.2. The third kappa shape index (κ3) is 11.3. The molecule has 0 rings (SSSR count). The normalized spacial score (nSPS) is 12.2. The predicted molar refractivity (Wildman–Crippen MR) is 59.9 cm³/mol. The summed E-state index contributed by atoms with van der Waals surface area (Å²) >= 11 is 0. The van der Waals surface area contributed by atoms with Gasteiger partial charge in [0.15, 0.2) is 0 Å². The molecule has 9 heteroatoms. The van der Waals surface area contributed by atoms with E-state index < -0.39 is 25.7 Å². The van der Waals surface area contributed by atoms with Crippen molar-refractivity contribution >= 4 is 20.2 Å². The van der Waals surface area contributed by atoms with Gasteiger partial charge in [0.1, 0.15) is 0 Å². The van der Waals surface area contributed by atoms with E-state index in [9.17, 15) is 4.57 Å². The Labute approximate surface area is 99.3 Å². The maximum Gasteiger partial charge on any atom is 0.414 e. The van der Waals surface area contributed by atoms with Gasteiger partial charge in [-0.2, -0.15) is 0 Å². The molecule has 0 aliphatic carbocycles. The Bertz CT molecular complexity index is 265. The second-order valence-electron chi connectivity index (χ2n) is 3.23. The summed E-state index contributed by atoms with van der Waals surface area (Å²) in [4.78, 5) is 26.6. The summed E-state index contributed by atoms with van der Waals surface area (Å²) in [5.41, 5.74) is 5.34. The molecule has 0 heterocycles. The molecule has 1 unspecified atom stereocenters. The molecule has 0 aromatic rings. The highest BCUT2D eigenvalue weighted by atomic mass is 31.1. The number of carbonyl (C=O) groups is 2. The molecule has 0 aromatic heterocycles. The van der Waals surface area contributed by atoms with Crippen molar-refractivity contribution < 1.29 is 33.8 Å². The number of rotatable bonds is 5. The van der Waals surface area contributed by atoms with Crippen LogP contribution in [0.5, 0.6) is 0 Å². The van der Waals surface area contributed by atoms with Crippen LogP contribution in [0.1, 0.15) is 26.7 Å². The number of nitrogens with two attached hydrogens (primary N) is 1. The fourth-order valence-electron chi connectivity index (χ4n) is 0.660. The van der Waals surface area contributed by atoms with Crippen molar-refractivity contribution in [3.63, 3.8) is 0 Å². The second-order valence-corrected chi connectivity index (χ2v) is 4.05. The zero-order valence-electron chi connectivity index (χ0n) is 9.67. The fourth-order valence-corrected chi connectivity index (χ4v) is 1.07. The van der Waals surface area contributed by atoms with Gasteiger partial charge in [0.2, 0.25) is 0 Å². The first-order valence-corrected chi connectivity index (χ1v) is 6.05. The van der Waals surface area contributed by atoms with Gasteiger partial charge in [0.25, 0.3) is 0 Å². The highest BCUT2D eigenvalue weighted by Crippen LogP contribution is 2.20. The quantitative estimate of drug-likeness (QED) is 0.405. The van der Waals surface area contributed by atoms with E-state index in [2.05, 4.69) is 4.52 Å². The van der Waals surface area contributed by atoms with Crippen LogP contribution in [-0.4, -0.2) is 39.2 Å². The molecule has 8 nitrogen and oxygen atoms in total. The van der Waals surface area contributed by atoms with Gasteiger partial charge in [0.05, 0.1) is 6.61 Å². The predicted octanol–water partition coefficient (Wildman–Crippen LogP) is 0.0581. The Morgan fingerprint density at radius 3 is 1.76 bits per heavy atom. The smallest absolute Gasteiger partial charge is 0.414 e. The van der Waals surface area contributed by atoms with Crippen LogP contribution < -0.4 is 5.73 Å². The first kappa shape index (κ1) is 18.4. The zero-order valence-corrected chi connectivity index (χ0v) is 10.7. The van der Waals surface area contributed by atoms with Crippen LogP contribution in [-0.2, 0) is 18.7 Å². The first-order valence-electron chi connectivity index (χ1n) is 4.79. The van der Waals surface area contributed by atoms with E-state index in [4.69, 9.17) is 30.4 Å². The van der Waals surface area contributed by atoms with Crippen LogP contribution >= 0.6 is 8.25 Å². The summed E-state index contributed by atoms with van der Waals surface area (Å²) < 4.78 is 14.8. The molecule has 0 fully saturated rings. The van der Waals surface area contributed by atoms with Crippen molar-refractivity contribution in [1.82, 2.24) is 0 Å². The molecule has 0 spiro atoms. The molecular weight excluding hydrogens is 253 g/mol. The van der Waals surface area contributed by atoms with E-state index in [1.165, 1.54) is 0 Å². The lowest BCUT2D eigenvalue weighted by molar-refractivity contribution is -0.159. The minimum Gasteiger partial charge on any atom is -0.473 e.